The summed E-state index contributed by atoms with van der Waals surface area (Å²) in [5.41, 5.74) is 1.84. The highest BCUT2D eigenvalue weighted by molar-refractivity contribution is 6.15. The van der Waals surface area contributed by atoms with Crippen molar-refractivity contribution in [2.45, 2.75) is 20.4 Å². The molecule has 1 unspecified atom stereocenters. The Balaban J connectivity index is 1.92. The van der Waals surface area contributed by atoms with Crippen molar-refractivity contribution < 1.29 is 25.1 Å². The van der Waals surface area contributed by atoms with Crippen LogP contribution in [0.5, 0.6) is 11.5 Å². The van der Waals surface area contributed by atoms with Crippen molar-refractivity contribution in [3.63, 3.8) is 0 Å². The van der Waals surface area contributed by atoms with Crippen molar-refractivity contribution in [2.75, 3.05) is 13.1 Å². The van der Waals surface area contributed by atoms with Gasteiger partial charge in [-0.1, -0.05) is 13.8 Å². The minimum atomic E-state index is -1.01. The normalized spacial score (nSPS) is 15.9. The zero-order valence-electron chi connectivity index (χ0n) is 15.2. The van der Waals surface area contributed by atoms with Crippen molar-refractivity contribution in [3.8, 4) is 11.5 Å². The van der Waals surface area contributed by atoms with E-state index in [-0.39, 0.29) is 23.0 Å². The highest BCUT2D eigenvalue weighted by atomic mass is 16.8. The van der Waals surface area contributed by atoms with E-state index in [1.165, 1.54) is 18.2 Å². The van der Waals surface area contributed by atoms with Gasteiger partial charge in [-0.25, -0.2) is 5.21 Å². The van der Waals surface area contributed by atoms with E-state index in [9.17, 15) is 15.1 Å². The lowest BCUT2D eigenvalue weighted by molar-refractivity contribution is -0.991. The summed E-state index contributed by atoms with van der Waals surface area (Å²) >= 11 is 0. The number of phenolic OH excluding ortho intramolecular Hbond substituents is 1. The van der Waals surface area contributed by atoms with Gasteiger partial charge in [0.2, 0.25) is 5.78 Å². The molecular formula is C20H22N2O5. The van der Waals surface area contributed by atoms with Crippen molar-refractivity contribution in [1.29, 1.82) is 0 Å². The van der Waals surface area contributed by atoms with Crippen LogP contribution in [0.3, 0.4) is 0 Å². The lowest BCUT2D eigenvalue weighted by atomic mass is 10.0. The smallest absolute Gasteiger partial charge is 0.231 e. The molecule has 0 amide bonds. The first-order valence-corrected chi connectivity index (χ1v) is 8.79. The number of aromatic hydroxyl groups is 1. The van der Waals surface area contributed by atoms with E-state index in [0.29, 0.717) is 29.0 Å². The van der Waals surface area contributed by atoms with Crippen molar-refractivity contribution >= 4 is 17.5 Å². The number of hydrogen-bond donors (Lipinski definition) is 3. The molecule has 0 fully saturated rings. The van der Waals surface area contributed by atoms with Gasteiger partial charge in [-0.05, 0) is 49.0 Å². The molecule has 3 N–H and O–H groups in total. The molecule has 0 bridgehead atoms. The van der Waals surface area contributed by atoms with Crippen LogP contribution < -0.4 is 9.96 Å². The van der Waals surface area contributed by atoms with Crippen LogP contribution in [-0.4, -0.2) is 34.1 Å². The van der Waals surface area contributed by atoms with E-state index in [0.717, 1.165) is 13.1 Å². The molecule has 1 aliphatic rings. The average molecular weight is 370 g/mol. The Bertz CT molecular complexity index is 871. The molecule has 0 aromatic heterocycles. The number of allylic oxidation sites excluding steroid dienone is 1. The topological polar surface area (TPSA) is 97.5 Å². The van der Waals surface area contributed by atoms with E-state index in [4.69, 9.17) is 9.94 Å². The number of Topliss-reactive ketones (excluding diaryl/α,β-unsaturated/α-hetero) is 1. The van der Waals surface area contributed by atoms with Crippen LogP contribution in [0.2, 0.25) is 0 Å². The largest absolute Gasteiger partial charge is 0.595 e. The molecule has 1 atom stereocenters. The van der Waals surface area contributed by atoms with Gasteiger partial charge < -0.3 is 15.1 Å². The zero-order chi connectivity index (χ0) is 19.6. The highest BCUT2D eigenvalue weighted by Crippen LogP contribution is 2.40. The Morgan fingerprint density at radius 1 is 1.15 bits per heavy atom. The van der Waals surface area contributed by atoms with E-state index in [1.54, 1.807) is 24.3 Å². The maximum Gasteiger partial charge on any atom is 0.231 e. The second-order valence-electron chi connectivity index (χ2n) is 6.27. The lowest BCUT2D eigenvalue weighted by Crippen LogP contribution is -2.99. The Kier molecular flexibility index (Phi) is 5.57. The Morgan fingerprint density at radius 2 is 1.81 bits per heavy atom. The SMILES string of the molecule is CCN(CC)Cc1c(O)ccc2c1OC(=Cc1ccc([NH+]([O-])O)cc1)C2=O. The number of carbonyl (C=O) groups excluding carboxylic acids is 1. The predicted molar refractivity (Wildman–Crippen MR) is 99.9 cm³/mol. The fourth-order valence-electron chi connectivity index (χ4n) is 2.99. The van der Waals surface area contributed by atoms with Gasteiger partial charge in [-0.15, -0.1) is 0 Å². The minimum absolute atomic E-state index is 0.0977. The fourth-order valence-corrected chi connectivity index (χ4v) is 2.99. The predicted octanol–water partition coefficient (Wildman–Crippen LogP) is 2.25. The molecule has 0 radical (unpaired) electrons. The van der Waals surface area contributed by atoms with Crippen LogP contribution in [0, 0.1) is 5.21 Å². The van der Waals surface area contributed by atoms with Crippen LogP contribution in [-0.2, 0) is 6.54 Å². The van der Waals surface area contributed by atoms with E-state index in [2.05, 4.69) is 4.90 Å². The van der Waals surface area contributed by atoms with Gasteiger partial charge in [0.1, 0.15) is 11.5 Å². The molecule has 2 aromatic carbocycles. The number of carbonyl (C=O) groups is 1. The molecule has 7 heteroatoms. The molecule has 7 nitrogen and oxygen atoms in total. The first-order chi connectivity index (χ1) is 12.9. The molecular weight excluding hydrogens is 348 g/mol. The number of quaternary nitrogens is 1. The maximum atomic E-state index is 12.7. The van der Waals surface area contributed by atoms with Crippen LogP contribution in [0.25, 0.3) is 6.08 Å². The number of fused-ring (bicyclic) bond motifs is 1. The number of phenols is 1. The third kappa shape index (κ3) is 3.86. The van der Waals surface area contributed by atoms with E-state index in [1.807, 2.05) is 13.8 Å². The zero-order valence-corrected chi connectivity index (χ0v) is 15.2. The van der Waals surface area contributed by atoms with E-state index >= 15 is 0 Å². The number of benzene rings is 2. The van der Waals surface area contributed by atoms with Crippen LogP contribution in [0.4, 0.5) is 5.69 Å². The number of rotatable bonds is 6. The summed E-state index contributed by atoms with van der Waals surface area (Å²) in [6, 6.07) is 9.25. The number of nitrogens with zero attached hydrogens (tertiary/aromatic N) is 1. The molecule has 3 rings (SSSR count). The minimum Gasteiger partial charge on any atom is -0.595 e. The Hall–Kier alpha value is -2.71. The second-order valence-corrected chi connectivity index (χ2v) is 6.27. The standard InChI is InChI=1S/C20H22N2O5/c1-3-21(4-2)12-16-17(23)10-9-15-19(24)18(27-20(15)16)11-13-5-7-14(8-6-13)22(25)26/h5-11,22-23,25H,3-4,12H2,1-2H3. The highest BCUT2D eigenvalue weighted by Gasteiger charge is 2.31. The Labute approximate surface area is 157 Å². The fraction of sp³-hybridized carbons (Fsp3) is 0.250. The van der Waals surface area contributed by atoms with Gasteiger partial charge in [0.25, 0.3) is 0 Å². The molecule has 0 saturated heterocycles. The van der Waals surface area contributed by atoms with Gasteiger partial charge in [-0.2, -0.15) is 5.23 Å². The number of ether oxygens (including phenoxy) is 1. The molecule has 27 heavy (non-hydrogen) atoms. The first kappa shape index (κ1) is 19.1. The van der Waals surface area contributed by atoms with E-state index < -0.39 is 5.23 Å². The van der Waals surface area contributed by atoms with Gasteiger partial charge in [0, 0.05) is 18.7 Å². The second kappa shape index (κ2) is 7.89. The summed E-state index contributed by atoms with van der Waals surface area (Å²) < 4.78 is 5.81. The van der Waals surface area contributed by atoms with Gasteiger partial charge in [-0.3, -0.25) is 9.69 Å². The summed E-state index contributed by atoms with van der Waals surface area (Å²) in [6.07, 6.45) is 1.58. The molecule has 1 heterocycles. The van der Waals surface area contributed by atoms with Gasteiger partial charge >= 0.3 is 0 Å². The Morgan fingerprint density at radius 3 is 2.41 bits per heavy atom. The molecule has 0 saturated carbocycles. The summed E-state index contributed by atoms with van der Waals surface area (Å²) in [7, 11) is 0. The summed E-state index contributed by atoms with van der Waals surface area (Å²) in [6.45, 7) is 6.16. The first-order valence-electron chi connectivity index (χ1n) is 8.79. The monoisotopic (exact) mass is 370 g/mol. The van der Waals surface area contributed by atoms with Crippen molar-refractivity contribution in [1.82, 2.24) is 4.90 Å². The lowest BCUT2D eigenvalue weighted by Gasteiger charge is -2.20. The van der Waals surface area contributed by atoms with Crippen molar-refractivity contribution in [3.05, 3.63) is 64.1 Å². The molecule has 2 aromatic rings. The third-order valence-electron chi connectivity index (χ3n) is 4.65. The molecule has 142 valence electrons. The summed E-state index contributed by atoms with van der Waals surface area (Å²) in [5, 5.41) is 29.2. The summed E-state index contributed by atoms with van der Waals surface area (Å²) in [5.74, 6) is 0.383. The quantitative estimate of drug-likeness (QED) is 0.533. The molecule has 0 aliphatic carbocycles. The summed E-state index contributed by atoms with van der Waals surface area (Å²) in [4.78, 5) is 14.8. The molecule has 0 spiro atoms. The number of hydrogen-bond acceptors (Lipinski definition) is 6. The van der Waals surface area contributed by atoms with Crippen LogP contribution >= 0.6 is 0 Å². The number of nitrogens with one attached hydrogen (secondary N) is 1. The van der Waals surface area contributed by atoms with Crippen molar-refractivity contribution in [2.24, 2.45) is 0 Å². The maximum absolute atomic E-state index is 12.7. The number of ketones is 1. The van der Waals surface area contributed by atoms with Gasteiger partial charge in [0.05, 0.1) is 11.1 Å². The van der Waals surface area contributed by atoms with Gasteiger partial charge in [0.15, 0.2) is 11.4 Å². The van der Waals surface area contributed by atoms with Crippen LogP contribution in [0.15, 0.2) is 42.2 Å². The molecule has 1 aliphatic heterocycles. The third-order valence-corrected chi connectivity index (χ3v) is 4.65. The average Bonchev–Trinajstić information content (AvgIpc) is 2.97. The van der Waals surface area contributed by atoms with Crippen LogP contribution in [0.1, 0.15) is 35.3 Å².